The van der Waals surface area contributed by atoms with Crippen molar-refractivity contribution >= 4 is 16.7 Å². The maximum atomic E-state index is 11.2. The predicted octanol–water partition coefficient (Wildman–Crippen LogP) is 5.00. The normalized spacial score (nSPS) is 11.0. The summed E-state index contributed by atoms with van der Waals surface area (Å²) in [6.45, 7) is 2.19. The van der Waals surface area contributed by atoms with E-state index in [-0.39, 0.29) is 5.78 Å². The van der Waals surface area contributed by atoms with Gasteiger partial charge in [-0.05, 0) is 25.0 Å². The maximum Gasteiger partial charge on any atom is 0.213 e. The largest absolute Gasteiger partial charge is 0.478 e. The summed E-state index contributed by atoms with van der Waals surface area (Å²) in [4.78, 5) is 15.7. The lowest BCUT2D eigenvalue weighted by Gasteiger charge is -2.06. The highest BCUT2D eigenvalue weighted by Crippen LogP contribution is 2.16. The Morgan fingerprint density at radius 2 is 1.85 bits per heavy atom. The van der Waals surface area contributed by atoms with Gasteiger partial charge in [-0.3, -0.25) is 4.79 Å². The van der Waals surface area contributed by atoms with Crippen molar-refractivity contribution in [3.05, 3.63) is 53.9 Å². The third kappa shape index (κ3) is 5.15. The fourth-order valence-electron chi connectivity index (χ4n) is 2.83. The van der Waals surface area contributed by atoms with Gasteiger partial charge in [-0.15, -0.1) is 0 Å². The van der Waals surface area contributed by atoms with Gasteiger partial charge in [0.05, 0.1) is 12.1 Å². The number of hydrogen-bond donors (Lipinski definition) is 0. The van der Waals surface area contributed by atoms with Gasteiger partial charge >= 0.3 is 0 Å². The van der Waals surface area contributed by atoms with E-state index in [9.17, 15) is 4.79 Å². The highest BCUT2D eigenvalue weighted by molar-refractivity contribution is 5.91. The Kier molecular flexibility index (Phi) is 6.36. The topological polar surface area (TPSA) is 65.2 Å². The highest BCUT2D eigenvalue weighted by Gasteiger charge is 2.07. The van der Waals surface area contributed by atoms with Crippen molar-refractivity contribution in [2.24, 2.45) is 0 Å². The molecule has 0 N–H and O–H groups in total. The molecule has 0 amide bonds. The summed E-state index contributed by atoms with van der Waals surface area (Å²) in [7, 11) is 0. The van der Waals surface area contributed by atoms with Crippen molar-refractivity contribution in [1.82, 2.24) is 10.1 Å². The molecule has 0 aliphatic rings. The van der Waals surface area contributed by atoms with E-state index in [0.29, 0.717) is 18.2 Å². The van der Waals surface area contributed by atoms with Crippen molar-refractivity contribution in [2.75, 3.05) is 6.61 Å². The van der Waals surface area contributed by atoms with Crippen LogP contribution >= 0.6 is 0 Å². The second-order valence-electron chi connectivity index (χ2n) is 6.44. The number of rotatable bonds is 10. The fourth-order valence-corrected chi connectivity index (χ4v) is 2.83. The highest BCUT2D eigenvalue weighted by atomic mass is 16.5. The number of nitrogens with zero attached hydrogens (tertiary/aromatic N) is 2. The number of aromatic nitrogens is 2. The first kappa shape index (κ1) is 18.1. The summed E-state index contributed by atoms with van der Waals surface area (Å²) in [6.07, 6.45) is 6.30. The molecular formula is C21H24N2O3. The van der Waals surface area contributed by atoms with Crippen LogP contribution in [0, 0.1) is 0 Å². The van der Waals surface area contributed by atoms with Gasteiger partial charge < -0.3 is 9.26 Å². The molecule has 0 radical (unpaired) electrons. The minimum absolute atomic E-state index is 0.0547. The molecule has 0 saturated carbocycles. The van der Waals surface area contributed by atoms with Gasteiger partial charge in [-0.25, -0.2) is 4.98 Å². The molecule has 0 aliphatic heterocycles. The third-order valence-corrected chi connectivity index (χ3v) is 4.31. The molecule has 1 aromatic carbocycles. The average Bonchev–Trinajstić information content (AvgIpc) is 3.13. The Morgan fingerprint density at radius 3 is 2.69 bits per heavy atom. The first-order valence-corrected chi connectivity index (χ1v) is 9.17. The number of carbonyl (C=O) groups is 1. The summed E-state index contributed by atoms with van der Waals surface area (Å²) in [5.41, 5.74) is 1.38. The van der Waals surface area contributed by atoms with Gasteiger partial charge in [0, 0.05) is 30.9 Å². The van der Waals surface area contributed by atoms with Crippen molar-refractivity contribution in [3.8, 4) is 5.88 Å². The van der Waals surface area contributed by atoms with Crippen LogP contribution in [0.4, 0.5) is 0 Å². The lowest BCUT2D eigenvalue weighted by atomic mass is 10.1. The standard InChI is InChI=1S/C21H24N2O3/c1-16(24)20-15-18(26-23-20)10-5-3-2-4-8-14-25-21-13-12-17-9-6-7-11-19(17)22-21/h6-7,9,11-13,15H,2-5,8,10,14H2,1H3. The molecule has 2 heterocycles. The number of benzene rings is 1. The summed E-state index contributed by atoms with van der Waals surface area (Å²) in [5.74, 6) is 1.43. The second kappa shape index (κ2) is 9.13. The van der Waals surface area contributed by atoms with E-state index >= 15 is 0 Å². The Balaban J connectivity index is 1.27. The molecule has 26 heavy (non-hydrogen) atoms. The van der Waals surface area contributed by atoms with E-state index in [1.54, 1.807) is 6.07 Å². The molecule has 0 fully saturated rings. The predicted molar refractivity (Wildman–Crippen MR) is 101 cm³/mol. The van der Waals surface area contributed by atoms with Gasteiger partial charge in [0.2, 0.25) is 5.88 Å². The fraction of sp³-hybridized carbons (Fsp3) is 0.381. The van der Waals surface area contributed by atoms with Gasteiger partial charge in [0.25, 0.3) is 0 Å². The van der Waals surface area contributed by atoms with Crippen LogP contribution in [0.25, 0.3) is 10.9 Å². The lowest BCUT2D eigenvalue weighted by Crippen LogP contribution is -1.99. The molecule has 2 aromatic heterocycles. The number of ether oxygens (including phenoxy) is 1. The summed E-state index contributed by atoms with van der Waals surface area (Å²) >= 11 is 0. The molecule has 5 nitrogen and oxygen atoms in total. The number of carbonyl (C=O) groups excluding carboxylic acids is 1. The molecule has 5 heteroatoms. The number of unbranched alkanes of at least 4 members (excludes halogenated alkanes) is 4. The summed E-state index contributed by atoms with van der Waals surface area (Å²) in [5, 5.41) is 4.88. The molecule has 3 rings (SSSR count). The van der Waals surface area contributed by atoms with Crippen molar-refractivity contribution in [2.45, 2.75) is 45.4 Å². The number of aryl methyl sites for hydroxylation is 1. The molecule has 0 aliphatic carbocycles. The third-order valence-electron chi connectivity index (χ3n) is 4.31. The lowest BCUT2D eigenvalue weighted by molar-refractivity contribution is 0.100. The van der Waals surface area contributed by atoms with E-state index in [0.717, 1.165) is 55.2 Å². The van der Waals surface area contributed by atoms with Crippen LogP contribution in [-0.4, -0.2) is 22.5 Å². The first-order chi connectivity index (χ1) is 12.7. The van der Waals surface area contributed by atoms with E-state index in [2.05, 4.69) is 10.1 Å². The Bertz CT molecular complexity index is 857. The monoisotopic (exact) mass is 352 g/mol. The second-order valence-corrected chi connectivity index (χ2v) is 6.44. The minimum Gasteiger partial charge on any atom is -0.478 e. The van der Waals surface area contributed by atoms with Crippen LogP contribution in [0.5, 0.6) is 5.88 Å². The number of ketones is 1. The van der Waals surface area contributed by atoms with Gasteiger partial charge in [0.1, 0.15) is 11.5 Å². The summed E-state index contributed by atoms with van der Waals surface area (Å²) < 4.78 is 10.9. The number of fused-ring (bicyclic) bond motifs is 1. The van der Waals surface area contributed by atoms with E-state index in [1.807, 2.05) is 36.4 Å². The maximum absolute atomic E-state index is 11.2. The quantitative estimate of drug-likeness (QED) is 0.379. The Labute approximate surface area is 153 Å². The van der Waals surface area contributed by atoms with Gasteiger partial charge in [-0.2, -0.15) is 0 Å². The minimum atomic E-state index is -0.0547. The van der Waals surface area contributed by atoms with Crippen LogP contribution in [-0.2, 0) is 6.42 Å². The summed E-state index contributed by atoms with van der Waals surface area (Å²) in [6, 6.07) is 13.7. The average molecular weight is 352 g/mol. The number of Topliss-reactive ketones (excluding diaryl/α,β-unsaturated/α-hetero) is 1. The molecule has 0 atom stereocenters. The van der Waals surface area contributed by atoms with E-state index in [4.69, 9.17) is 9.26 Å². The molecule has 3 aromatic rings. The van der Waals surface area contributed by atoms with E-state index in [1.165, 1.54) is 6.92 Å². The van der Waals surface area contributed by atoms with Gasteiger partial charge in [-0.1, -0.05) is 42.6 Å². The molecule has 136 valence electrons. The zero-order chi connectivity index (χ0) is 18.2. The smallest absolute Gasteiger partial charge is 0.213 e. The van der Waals surface area contributed by atoms with Gasteiger partial charge in [0.15, 0.2) is 5.78 Å². The Morgan fingerprint density at radius 1 is 1.04 bits per heavy atom. The number of para-hydroxylation sites is 1. The van der Waals surface area contributed by atoms with Crippen LogP contribution in [0.2, 0.25) is 0 Å². The van der Waals surface area contributed by atoms with Crippen LogP contribution < -0.4 is 4.74 Å². The van der Waals surface area contributed by atoms with E-state index < -0.39 is 0 Å². The Hall–Kier alpha value is -2.69. The molecule has 0 saturated heterocycles. The number of hydrogen-bond acceptors (Lipinski definition) is 5. The van der Waals surface area contributed by atoms with Crippen LogP contribution in [0.3, 0.4) is 0 Å². The number of pyridine rings is 1. The van der Waals surface area contributed by atoms with Crippen LogP contribution in [0.15, 0.2) is 47.0 Å². The zero-order valence-corrected chi connectivity index (χ0v) is 15.1. The molecule has 0 bridgehead atoms. The first-order valence-electron chi connectivity index (χ1n) is 9.17. The van der Waals surface area contributed by atoms with Crippen LogP contribution in [0.1, 0.15) is 55.3 Å². The van der Waals surface area contributed by atoms with Crippen molar-refractivity contribution < 1.29 is 14.1 Å². The molecule has 0 spiro atoms. The van der Waals surface area contributed by atoms with Crippen molar-refractivity contribution in [3.63, 3.8) is 0 Å². The molecular weight excluding hydrogens is 328 g/mol. The zero-order valence-electron chi connectivity index (χ0n) is 15.1. The molecule has 0 unspecified atom stereocenters. The van der Waals surface area contributed by atoms with Crippen molar-refractivity contribution in [1.29, 1.82) is 0 Å². The SMILES string of the molecule is CC(=O)c1cc(CCCCCCCOc2ccc3ccccc3n2)on1.